The Balaban J connectivity index is 1.62. The fourth-order valence-corrected chi connectivity index (χ4v) is 2.99. The maximum Gasteiger partial charge on any atom is 0.131 e. The van der Waals surface area contributed by atoms with Crippen LogP contribution < -0.4 is 4.90 Å². The molecule has 3 nitrogen and oxygen atoms in total. The molecule has 1 fully saturated rings. The number of anilines is 1. The highest BCUT2D eigenvalue weighted by Crippen LogP contribution is 2.19. The lowest BCUT2D eigenvalue weighted by molar-refractivity contribution is 0.285. The van der Waals surface area contributed by atoms with Gasteiger partial charge in [-0.2, -0.15) is 0 Å². The first-order valence-electron chi connectivity index (χ1n) is 7.44. The minimum absolute atomic E-state index is 0.567. The highest BCUT2D eigenvalue weighted by Gasteiger charge is 2.15. The van der Waals surface area contributed by atoms with Gasteiger partial charge in [0.05, 0.1) is 0 Å². The summed E-state index contributed by atoms with van der Waals surface area (Å²) in [4.78, 5) is 8.98. The van der Waals surface area contributed by atoms with Gasteiger partial charge in [-0.05, 0) is 24.1 Å². The van der Waals surface area contributed by atoms with Gasteiger partial charge in [-0.3, -0.25) is 4.90 Å². The summed E-state index contributed by atoms with van der Waals surface area (Å²) in [5.41, 5.74) is 2.56. The van der Waals surface area contributed by atoms with Crippen LogP contribution in [0.2, 0.25) is 5.15 Å². The predicted molar refractivity (Wildman–Crippen MR) is 87.8 cm³/mol. The van der Waals surface area contributed by atoms with Gasteiger partial charge in [-0.1, -0.05) is 41.9 Å². The molecule has 0 atom stereocenters. The molecular weight excluding hydrogens is 282 g/mol. The van der Waals surface area contributed by atoms with E-state index in [9.17, 15) is 0 Å². The van der Waals surface area contributed by atoms with Crippen LogP contribution in [0.3, 0.4) is 0 Å². The Morgan fingerprint density at radius 3 is 2.67 bits per heavy atom. The van der Waals surface area contributed by atoms with Crippen molar-refractivity contribution in [3.8, 4) is 0 Å². The van der Waals surface area contributed by atoms with Gasteiger partial charge in [0.1, 0.15) is 5.15 Å². The Morgan fingerprint density at radius 2 is 1.86 bits per heavy atom. The van der Waals surface area contributed by atoms with Gasteiger partial charge in [0.15, 0.2) is 0 Å². The summed E-state index contributed by atoms with van der Waals surface area (Å²) in [7, 11) is 0. The zero-order valence-electron chi connectivity index (χ0n) is 12.1. The van der Waals surface area contributed by atoms with E-state index < -0.39 is 0 Å². The molecule has 0 amide bonds. The molecule has 0 bridgehead atoms. The summed E-state index contributed by atoms with van der Waals surface area (Å²) < 4.78 is 0. The topological polar surface area (TPSA) is 19.4 Å². The molecule has 1 aliphatic heterocycles. The molecule has 0 radical (unpaired) electrons. The van der Waals surface area contributed by atoms with Crippen LogP contribution in [0.1, 0.15) is 12.0 Å². The van der Waals surface area contributed by atoms with E-state index in [4.69, 9.17) is 11.6 Å². The molecule has 0 aliphatic carbocycles. The van der Waals surface area contributed by atoms with Gasteiger partial charge in [0, 0.05) is 44.6 Å². The molecule has 1 aromatic heterocycles. The van der Waals surface area contributed by atoms with E-state index in [2.05, 4.69) is 45.1 Å². The van der Waals surface area contributed by atoms with Gasteiger partial charge in [0.2, 0.25) is 0 Å². The third-order valence-corrected chi connectivity index (χ3v) is 4.12. The molecule has 1 aromatic carbocycles. The number of rotatable bonds is 3. The summed E-state index contributed by atoms with van der Waals surface area (Å²) >= 11 is 5.99. The van der Waals surface area contributed by atoms with Crippen molar-refractivity contribution < 1.29 is 0 Å². The lowest BCUT2D eigenvalue weighted by Gasteiger charge is -2.23. The molecular formula is C17H20ClN3. The summed E-state index contributed by atoms with van der Waals surface area (Å²) in [6.45, 7) is 5.36. The number of nitrogens with zero attached hydrogens (tertiary/aromatic N) is 3. The number of hydrogen-bond donors (Lipinski definition) is 0. The lowest BCUT2D eigenvalue weighted by atomic mass is 10.2. The Hall–Kier alpha value is -1.58. The van der Waals surface area contributed by atoms with E-state index in [-0.39, 0.29) is 0 Å². The van der Waals surface area contributed by atoms with E-state index in [1.54, 1.807) is 6.20 Å². The average molecular weight is 302 g/mol. The Morgan fingerprint density at radius 1 is 1.00 bits per heavy atom. The largest absolute Gasteiger partial charge is 0.370 e. The molecule has 2 aromatic rings. The first kappa shape index (κ1) is 14.4. The number of benzene rings is 1. The van der Waals surface area contributed by atoms with Crippen LogP contribution in [-0.2, 0) is 6.54 Å². The standard InChI is InChI=1S/C17H20ClN3/c18-17-13-16(7-8-19-17)21-10-4-9-20(11-12-21)14-15-5-2-1-3-6-15/h1-3,5-8,13H,4,9-12,14H2. The van der Waals surface area contributed by atoms with Crippen molar-refractivity contribution in [1.82, 2.24) is 9.88 Å². The van der Waals surface area contributed by atoms with Crippen molar-refractivity contribution in [2.45, 2.75) is 13.0 Å². The lowest BCUT2D eigenvalue weighted by Crippen LogP contribution is -2.30. The SMILES string of the molecule is Clc1cc(N2CCCN(Cc3ccccc3)CC2)ccn1. The van der Waals surface area contributed by atoms with E-state index >= 15 is 0 Å². The fraction of sp³-hybridized carbons (Fsp3) is 0.353. The highest BCUT2D eigenvalue weighted by molar-refractivity contribution is 6.29. The predicted octanol–water partition coefficient (Wildman–Crippen LogP) is 3.45. The van der Waals surface area contributed by atoms with Crippen LogP contribution in [-0.4, -0.2) is 36.1 Å². The number of halogens is 1. The molecule has 0 saturated carbocycles. The summed E-state index contributed by atoms with van der Waals surface area (Å²) in [6, 6.07) is 14.7. The van der Waals surface area contributed by atoms with Crippen LogP contribution in [0.5, 0.6) is 0 Å². The van der Waals surface area contributed by atoms with Gasteiger partial charge in [-0.25, -0.2) is 4.98 Å². The smallest absolute Gasteiger partial charge is 0.131 e. The number of pyridine rings is 1. The second kappa shape index (κ2) is 6.92. The third kappa shape index (κ3) is 3.96. The fourth-order valence-electron chi connectivity index (χ4n) is 2.82. The Labute approximate surface area is 131 Å². The summed E-state index contributed by atoms with van der Waals surface area (Å²) in [5.74, 6) is 0. The molecule has 4 heteroatoms. The molecule has 110 valence electrons. The van der Waals surface area contributed by atoms with E-state index in [1.807, 2.05) is 12.1 Å². The Kier molecular flexibility index (Phi) is 4.73. The van der Waals surface area contributed by atoms with Crippen LogP contribution >= 0.6 is 11.6 Å². The minimum Gasteiger partial charge on any atom is -0.370 e. The molecule has 1 aliphatic rings. The minimum atomic E-state index is 0.567. The maximum absolute atomic E-state index is 5.99. The number of aromatic nitrogens is 1. The molecule has 2 heterocycles. The van der Waals surface area contributed by atoms with Gasteiger partial charge < -0.3 is 4.90 Å². The second-order valence-corrected chi connectivity index (χ2v) is 5.83. The third-order valence-electron chi connectivity index (χ3n) is 3.91. The van der Waals surface area contributed by atoms with Gasteiger partial charge in [-0.15, -0.1) is 0 Å². The summed E-state index contributed by atoms with van der Waals surface area (Å²) in [6.07, 6.45) is 2.96. The molecule has 0 spiro atoms. The van der Waals surface area contributed by atoms with Crippen LogP contribution in [0.15, 0.2) is 48.7 Å². The average Bonchev–Trinajstić information content (AvgIpc) is 2.74. The van der Waals surface area contributed by atoms with E-state index in [0.29, 0.717) is 5.15 Å². The van der Waals surface area contributed by atoms with Crippen molar-refractivity contribution in [1.29, 1.82) is 0 Å². The zero-order chi connectivity index (χ0) is 14.5. The molecule has 21 heavy (non-hydrogen) atoms. The van der Waals surface area contributed by atoms with Crippen molar-refractivity contribution in [2.75, 3.05) is 31.1 Å². The highest BCUT2D eigenvalue weighted by atomic mass is 35.5. The first-order chi connectivity index (χ1) is 10.3. The van der Waals surface area contributed by atoms with Crippen LogP contribution in [0, 0.1) is 0 Å². The second-order valence-electron chi connectivity index (χ2n) is 5.44. The molecule has 3 rings (SSSR count). The molecule has 0 unspecified atom stereocenters. The van der Waals surface area contributed by atoms with Crippen LogP contribution in [0.4, 0.5) is 5.69 Å². The normalized spacial score (nSPS) is 16.7. The van der Waals surface area contributed by atoms with Crippen LogP contribution in [0.25, 0.3) is 0 Å². The Bertz CT molecular complexity index is 573. The van der Waals surface area contributed by atoms with Crippen molar-refractivity contribution in [3.05, 3.63) is 59.4 Å². The monoisotopic (exact) mass is 301 g/mol. The van der Waals surface area contributed by atoms with Crippen molar-refractivity contribution >= 4 is 17.3 Å². The van der Waals surface area contributed by atoms with E-state index in [0.717, 1.165) is 32.7 Å². The molecule has 1 saturated heterocycles. The van der Waals surface area contributed by atoms with Gasteiger partial charge in [0.25, 0.3) is 0 Å². The van der Waals surface area contributed by atoms with Gasteiger partial charge >= 0.3 is 0 Å². The van der Waals surface area contributed by atoms with Crippen molar-refractivity contribution in [2.24, 2.45) is 0 Å². The quantitative estimate of drug-likeness (QED) is 0.810. The zero-order valence-corrected chi connectivity index (χ0v) is 12.8. The summed E-state index contributed by atoms with van der Waals surface area (Å²) in [5, 5.41) is 0.567. The van der Waals surface area contributed by atoms with E-state index in [1.165, 1.54) is 17.7 Å². The first-order valence-corrected chi connectivity index (χ1v) is 7.82. The number of hydrogen-bond acceptors (Lipinski definition) is 3. The van der Waals surface area contributed by atoms with Crippen molar-refractivity contribution in [3.63, 3.8) is 0 Å². The molecule has 0 N–H and O–H groups in total. The maximum atomic E-state index is 5.99.